The highest BCUT2D eigenvalue weighted by atomic mass is 16.1. The van der Waals surface area contributed by atoms with Crippen LogP contribution in [0.15, 0.2) is 6.33 Å². The van der Waals surface area contributed by atoms with Crippen LogP contribution in [0.2, 0.25) is 0 Å². The first kappa shape index (κ1) is 8.70. The van der Waals surface area contributed by atoms with E-state index in [4.69, 9.17) is 0 Å². The molecule has 1 rings (SSSR count). The van der Waals surface area contributed by atoms with E-state index in [-0.39, 0.29) is 5.91 Å². The number of hydrogen-bond donors (Lipinski definition) is 1. The normalized spacial score (nSPS) is 9.83. The third-order valence-electron chi connectivity index (χ3n) is 1.53. The van der Waals surface area contributed by atoms with Crippen LogP contribution in [-0.2, 0) is 18.3 Å². The van der Waals surface area contributed by atoms with Crippen LogP contribution in [0.3, 0.4) is 0 Å². The molecule has 0 fully saturated rings. The van der Waals surface area contributed by atoms with Gasteiger partial charge >= 0.3 is 0 Å². The van der Waals surface area contributed by atoms with Gasteiger partial charge in [0.15, 0.2) is 0 Å². The summed E-state index contributed by atoms with van der Waals surface area (Å²) in [6.45, 7) is 2.11. The van der Waals surface area contributed by atoms with Gasteiger partial charge in [0.25, 0.3) is 0 Å². The maximum absolute atomic E-state index is 10.5. The van der Waals surface area contributed by atoms with Gasteiger partial charge in [0.05, 0.1) is 0 Å². The van der Waals surface area contributed by atoms with E-state index < -0.39 is 0 Å². The van der Waals surface area contributed by atoms with Crippen molar-refractivity contribution in [3.63, 3.8) is 0 Å². The third-order valence-corrected chi connectivity index (χ3v) is 1.53. The standard InChI is InChI=1S/C7H12N4O/c1-6(12)8-4-3-7-10-9-5-11(7)2/h5H,3-4H2,1-2H3,(H,8,12). The molecule has 0 bridgehead atoms. The summed E-state index contributed by atoms with van der Waals surface area (Å²) in [5, 5.41) is 10.3. The second-order valence-electron chi connectivity index (χ2n) is 2.59. The lowest BCUT2D eigenvalue weighted by Gasteiger charge is -2.00. The van der Waals surface area contributed by atoms with Crippen LogP contribution in [0.25, 0.3) is 0 Å². The average Bonchev–Trinajstić information content (AvgIpc) is 2.36. The molecule has 0 saturated carbocycles. The Bertz CT molecular complexity index is 268. The van der Waals surface area contributed by atoms with Crippen molar-refractivity contribution in [2.45, 2.75) is 13.3 Å². The van der Waals surface area contributed by atoms with E-state index in [0.717, 1.165) is 12.2 Å². The molecular weight excluding hydrogens is 156 g/mol. The van der Waals surface area contributed by atoms with Gasteiger partial charge < -0.3 is 9.88 Å². The van der Waals surface area contributed by atoms with Crippen LogP contribution in [0, 0.1) is 0 Å². The fraction of sp³-hybridized carbons (Fsp3) is 0.571. The number of amides is 1. The van der Waals surface area contributed by atoms with Crippen molar-refractivity contribution in [1.29, 1.82) is 0 Å². The van der Waals surface area contributed by atoms with Crippen LogP contribution in [-0.4, -0.2) is 27.2 Å². The molecule has 0 spiro atoms. The SMILES string of the molecule is CC(=O)NCCc1nncn1C. The number of aryl methyl sites for hydroxylation is 1. The fourth-order valence-corrected chi connectivity index (χ4v) is 0.884. The first-order valence-electron chi connectivity index (χ1n) is 3.77. The van der Waals surface area contributed by atoms with E-state index >= 15 is 0 Å². The summed E-state index contributed by atoms with van der Waals surface area (Å²) in [4.78, 5) is 10.5. The van der Waals surface area contributed by atoms with Crippen molar-refractivity contribution < 1.29 is 4.79 Å². The minimum absolute atomic E-state index is 0.0165. The highest BCUT2D eigenvalue weighted by Crippen LogP contribution is 1.90. The van der Waals surface area contributed by atoms with E-state index in [9.17, 15) is 4.79 Å². The second-order valence-corrected chi connectivity index (χ2v) is 2.59. The zero-order valence-corrected chi connectivity index (χ0v) is 7.24. The first-order chi connectivity index (χ1) is 5.70. The summed E-state index contributed by atoms with van der Waals surface area (Å²) in [6, 6.07) is 0. The monoisotopic (exact) mass is 168 g/mol. The largest absolute Gasteiger partial charge is 0.356 e. The summed E-state index contributed by atoms with van der Waals surface area (Å²) in [7, 11) is 1.88. The second kappa shape index (κ2) is 3.85. The van der Waals surface area contributed by atoms with Gasteiger partial charge in [0.2, 0.25) is 5.91 Å². The molecule has 12 heavy (non-hydrogen) atoms. The predicted octanol–water partition coefficient (Wildman–Crippen LogP) is -0.506. The van der Waals surface area contributed by atoms with Crippen LogP contribution in [0.5, 0.6) is 0 Å². The lowest BCUT2D eigenvalue weighted by molar-refractivity contribution is -0.118. The fourth-order valence-electron chi connectivity index (χ4n) is 0.884. The highest BCUT2D eigenvalue weighted by Gasteiger charge is 1.99. The zero-order chi connectivity index (χ0) is 8.97. The Balaban J connectivity index is 2.33. The van der Waals surface area contributed by atoms with Gasteiger partial charge in [0, 0.05) is 26.9 Å². The van der Waals surface area contributed by atoms with E-state index in [1.807, 2.05) is 11.6 Å². The Kier molecular flexibility index (Phi) is 2.79. The number of carbonyl (C=O) groups is 1. The van der Waals surface area contributed by atoms with Crippen LogP contribution in [0.1, 0.15) is 12.7 Å². The smallest absolute Gasteiger partial charge is 0.216 e. The third kappa shape index (κ3) is 2.34. The van der Waals surface area contributed by atoms with Gasteiger partial charge in [0.1, 0.15) is 12.2 Å². The predicted molar refractivity (Wildman–Crippen MR) is 43.4 cm³/mol. The average molecular weight is 168 g/mol. The Morgan fingerprint density at radius 2 is 2.50 bits per heavy atom. The molecule has 0 aliphatic heterocycles. The van der Waals surface area contributed by atoms with Gasteiger partial charge in [-0.2, -0.15) is 0 Å². The summed E-state index contributed by atoms with van der Waals surface area (Å²) >= 11 is 0. The van der Waals surface area contributed by atoms with Gasteiger partial charge in [-0.25, -0.2) is 0 Å². The number of hydrogen-bond acceptors (Lipinski definition) is 3. The molecule has 1 amide bonds. The molecule has 0 radical (unpaired) electrons. The van der Waals surface area contributed by atoms with Crippen LogP contribution >= 0.6 is 0 Å². The van der Waals surface area contributed by atoms with E-state index in [0.29, 0.717) is 6.54 Å². The van der Waals surface area contributed by atoms with Gasteiger partial charge in [-0.3, -0.25) is 4.79 Å². The molecule has 0 saturated heterocycles. The van der Waals surface area contributed by atoms with Crippen LogP contribution < -0.4 is 5.32 Å². The number of rotatable bonds is 3. The quantitative estimate of drug-likeness (QED) is 0.661. The Morgan fingerprint density at radius 1 is 1.75 bits per heavy atom. The zero-order valence-electron chi connectivity index (χ0n) is 7.24. The molecule has 1 aromatic heterocycles. The van der Waals surface area contributed by atoms with Gasteiger partial charge in [-0.1, -0.05) is 0 Å². The van der Waals surface area contributed by atoms with Crippen molar-refractivity contribution in [2.24, 2.45) is 7.05 Å². The lowest BCUT2D eigenvalue weighted by atomic mass is 10.4. The first-order valence-corrected chi connectivity index (χ1v) is 3.77. The topological polar surface area (TPSA) is 59.8 Å². The van der Waals surface area contributed by atoms with Crippen molar-refractivity contribution in [3.8, 4) is 0 Å². The molecular formula is C7H12N4O. The number of nitrogens with zero attached hydrogens (tertiary/aromatic N) is 3. The summed E-state index contributed by atoms with van der Waals surface area (Å²) < 4.78 is 1.84. The molecule has 1 N–H and O–H groups in total. The summed E-state index contributed by atoms with van der Waals surface area (Å²) in [6.07, 6.45) is 2.36. The Labute approximate surface area is 70.8 Å². The van der Waals surface area contributed by atoms with E-state index in [1.54, 1.807) is 6.33 Å². The Morgan fingerprint density at radius 3 is 3.00 bits per heavy atom. The minimum atomic E-state index is -0.0165. The molecule has 0 atom stereocenters. The lowest BCUT2D eigenvalue weighted by Crippen LogP contribution is -2.23. The molecule has 0 aromatic carbocycles. The van der Waals surface area contributed by atoms with E-state index in [1.165, 1.54) is 6.92 Å². The molecule has 1 aromatic rings. The van der Waals surface area contributed by atoms with Crippen LogP contribution in [0.4, 0.5) is 0 Å². The van der Waals surface area contributed by atoms with Crippen molar-refractivity contribution in [3.05, 3.63) is 12.2 Å². The molecule has 5 nitrogen and oxygen atoms in total. The number of nitrogens with one attached hydrogen (secondary N) is 1. The van der Waals surface area contributed by atoms with E-state index in [2.05, 4.69) is 15.5 Å². The number of carbonyl (C=O) groups excluding carboxylic acids is 1. The maximum atomic E-state index is 10.5. The molecule has 1 heterocycles. The van der Waals surface area contributed by atoms with Crippen molar-refractivity contribution >= 4 is 5.91 Å². The summed E-state index contributed by atoms with van der Waals surface area (Å²) in [5.74, 6) is 0.862. The number of aromatic nitrogens is 3. The molecule has 0 unspecified atom stereocenters. The Hall–Kier alpha value is -1.39. The molecule has 66 valence electrons. The molecule has 0 aliphatic carbocycles. The van der Waals surface area contributed by atoms with Gasteiger partial charge in [-0.05, 0) is 0 Å². The van der Waals surface area contributed by atoms with Gasteiger partial charge in [-0.15, -0.1) is 10.2 Å². The summed E-state index contributed by atoms with van der Waals surface area (Å²) in [5.41, 5.74) is 0. The van der Waals surface area contributed by atoms with Crippen molar-refractivity contribution in [1.82, 2.24) is 20.1 Å². The molecule has 5 heteroatoms. The highest BCUT2D eigenvalue weighted by molar-refractivity contribution is 5.72. The van der Waals surface area contributed by atoms with Crippen molar-refractivity contribution in [2.75, 3.05) is 6.54 Å². The minimum Gasteiger partial charge on any atom is -0.356 e. The molecule has 0 aliphatic rings. The maximum Gasteiger partial charge on any atom is 0.216 e.